The van der Waals surface area contributed by atoms with Crippen molar-refractivity contribution in [3.8, 4) is 0 Å². The van der Waals surface area contributed by atoms with Gasteiger partial charge in [-0.1, -0.05) is 19.1 Å². The second-order valence-corrected chi connectivity index (χ2v) is 7.23. The smallest absolute Gasteiger partial charge is 0.180 e. The SMILES string of the molecule is CCS(=O)(=O)c1ccccc1N(C)C[C@H]1CCOC1. The van der Waals surface area contributed by atoms with Crippen LogP contribution >= 0.6 is 0 Å². The molecule has 1 aliphatic heterocycles. The van der Waals surface area contributed by atoms with Crippen LogP contribution in [0, 0.1) is 5.92 Å². The van der Waals surface area contributed by atoms with E-state index in [-0.39, 0.29) is 5.75 Å². The number of benzene rings is 1. The van der Waals surface area contributed by atoms with Crippen LogP contribution in [0.15, 0.2) is 29.2 Å². The lowest BCUT2D eigenvalue weighted by Crippen LogP contribution is -2.27. The summed E-state index contributed by atoms with van der Waals surface area (Å²) in [5.41, 5.74) is 0.788. The van der Waals surface area contributed by atoms with E-state index in [9.17, 15) is 8.42 Å². The predicted octanol–water partition coefficient (Wildman–Crippen LogP) is 1.95. The minimum Gasteiger partial charge on any atom is -0.381 e. The average molecular weight is 283 g/mol. The molecule has 4 nitrogen and oxygen atoms in total. The average Bonchev–Trinajstić information content (AvgIpc) is 2.91. The molecule has 1 aliphatic rings. The third-order valence-electron chi connectivity index (χ3n) is 3.55. The van der Waals surface area contributed by atoms with E-state index in [4.69, 9.17) is 4.74 Å². The lowest BCUT2D eigenvalue weighted by molar-refractivity contribution is 0.186. The van der Waals surface area contributed by atoms with Gasteiger partial charge in [0.1, 0.15) is 0 Å². The molecule has 1 saturated heterocycles. The summed E-state index contributed by atoms with van der Waals surface area (Å²) >= 11 is 0. The first kappa shape index (κ1) is 14.3. The zero-order valence-electron chi connectivity index (χ0n) is 11.5. The normalized spacial score (nSPS) is 19.6. The first-order chi connectivity index (χ1) is 9.04. The van der Waals surface area contributed by atoms with Crippen LogP contribution in [0.5, 0.6) is 0 Å². The van der Waals surface area contributed by atoms with E-state index >= 15 is 0 Å². The molecule has 0 N–H and O–H groups in total. The van der Waals surface area contributed by atoms with Gasteiger partial charge in [-0.05, 0) is 18.6 Å². The third-order valence-corrected chi connectivity index (χ3v) is 5.32. The predicted molar refractivity (Wildman–Crippen MR) is 76.4 cm³/mol. The number of anilines is 1. The molecule has 0 unspecified atom stereocenters. The highest BCUT2D eigenvalue weighted by Gasteiger charge is 2.22. The van der Waals surface area contributed by atoms with E-state index in [0.717, 1.165) is 31.9 Å². The van der Waals surface area contributed by atoms with Crippen LogP contribution in [0.4, 0.5) is 5.69 Å². The zero-order chi connectivity index (χ0) is 13.9. The minimum atomic E-state index is -3.18. The van der Waals surface area contributed by atoms with Crippen molar-refractivity contribution in [2.75, 3.05) is 37.5 Å². The fourth-order valence-electron chi connectivity index (χ4n) is 2.40. The van der Waals surface area contributed by atoms with E-state index in [0.29, 0.717) is 10.8 Å². The summed E-state index contributed by atoms with van der Waals surface area (Å²) in [6.45, 7) is 4.09. The summed E-state index contributed by atoms with van der Waals surface area (Å²) in [5.74, 6) is 0.618. The van der Waals surface area contributed by atoms with Crippen LogP contribution in [0.3, 0.4) is 0 Å². The molecule has 1 atom stereocenters. The van der Waals surface area contributed by atoms with Gasteiger partial charge in [-0.25, -0.2) is 8.42 Å². The van der Waals surface area contributed by atoms with Crippen LogP contribution in [0.2, 0.25) is 0 Å². The fraction of sp³-hybridized carbons (Fsp3) is 0.571. The number of hydrogen-bond donors (Lipinski definition) is 0. The van der Waals surface area contributed by atoms with Gasteiger partial charge in [-0.2, -0.15) is 0 Å². The first-order valence-corrected chi connectivity index (χ1v) is 8.30. The Morgan fingerprint density at radius 2 is 2.11 bits per heavy atom. The van der Waals surface area contributed by atoms with Gasteiger partial charge < -0.3 is 9.64 Å². The Morgan fingerprint density at radius 1 is 1.37 bits per heavy atom. The summed E-state index contributed by atoms with van der Waals surface area (Å²) < 4.78 is 29.6. The highest BCUT2D eigenvalue weighted by atomic mass is 32.2. The number of sulfone groups is 1. The van der Waals surface area contributed by atoms with Crippen LogP contribution in [0.25, 0.3) is 0 Å². The van der Waals surface area contributed by atoms with Crippen LogP contribution < -0.4 is 4.90 Å². The molecule has 1 heterocycles. The Morgan fingerprint density at radius 3 is 2.74 bits per heavy atom. The number of nitrogens with zero attached hydrogens (tertiary/aromatic N) is 1. The van der Waals surface area contributed by atoms with Gasteiger partial charge in [0.2, 0.25) is 0 Å². The van der Waals surface area contributed by atoms with E-state index < -0.39 is 9.84 Å². The number of rotatable bonds is 5. The van der Waals surface area contributed by atoms with Crippen LogP contribution in [-0.4, -0.2) is 41.0 Å². The Balaban J connectivity index is 2.23. The second kappa shape index (κ2) is 5.92. The summed E-state index contributed by atoms with van der Waals surface area (Å²) in [5, 5.41) is 0. The first-order valence-electron chi connectivity index (χ1n) is 6.65. The number of hydrogen-bond acceptors (Lipinski definition) is 4. The van der Waals surface area contributed by atoms with E-state index in [1.807, 2.05) is 24.1 Å². The molecule has 0 bridgehead atoms. The Bertz CT molecular complexity index is 521. The lowest BCUT2D eigenvalue weighted by Gasteiger charge is -2.24. The Hall–Kier alpha value is -1.07. The van der Waals surface area contributed by atoms with Crippen molar-refractivity contribution in [2.24, 2.45) is 5.92 Å². The molecule has 106 valence electrons. The maximum atomic E-state index is 12.1. The van der Waals surface area contributed by atoms with E-state index in [1.165, 1.54) is 0 Å². The summed E-state index contributed by atoms with van der Waals surface area (Å²) in [6, 6.07) is 7.22. The molecule has 2 rings (SSSR count). The van der Waals surface area contributed by atoms with Crippen LogP contribution in [0.1, 0.15) is 13.3 Å². The maximum absolute atomic E-state index is 12.1. The standard InChI is InChI=1S/C14H21NO3S/c1-3-19(16,17)14-7-5-4-6-13(14)15(2)10-12-8-9-18-11-12/h4-7,12H,3,8-11H2,1-2H3/t12-/m1/s1. The molecule has 0 radical (unpaired) electrons. The molecule has 0 aromatic heterocycles. The summed E-state index contributed by atoms with van der Waals surface area (Å²) in [6.07, 6.45) is 1.05. The second-order valence-electron chi connectivity index (χ2n) is 4.98. The van der Waals surface area contributed by atoms with E-state index in [2.05, 4.69) is 0 Å². The zero-order valence-corrected chi connectivity index (χ0v) is 12.3. The molecule has 1 aromatic carbocycles. The van der Waals surface area contributed by atoms with Crippen molar-refractivity contribution in [2.45, 2.75) is 18.2 Å². The minimum absolute atomic E-state index is 0.129. The molecule has 19 heavy (non-hydrogen) atoms. The van der Waals surface area contributed by atoms with Crippen molar-refractivity contribution >= 4 is 15.5 Å². The van der Waals surface area contributed by atoms with Crippen molar-refractivity contribution < 1.29 is 13.2 Å². The van der Waals surface area contributed by atoms with Gasteiger partial charge in [-0.15, -0.1) is 0 Å². The molecule has 1 fully saturated rings. The molecule has 0 aliphatic carbocycles. The largest absolute Gasteiger partial charge is 0.381 e. The van der Waals surface area contributed by atoms with E-state index in [1.54, 1.807) is 19.1 Å². The van der Waals surface area contributed by atoms with Gasteiger partial charge in [0.25, 0.3) is 0 Å². The Labute approximate surface area is 115 Å². The molecular formula is C14H21NO3S. The summed E-state index contributed by atoms with van der Waals surface area (Å²) in [7, 11) is -1.23. The topological polar surface area (TPSA) is 46.6 Å². The van der Waals surface area contributed by atoms with Crippen molar-refractivity contribution in [1.82, 2.24) is 0 Å². The van der Waals surface area contributed by atoms with Crippen molar-refractivity contribution in [3.63, 3.8) is 0 Å². The van der Waals surface area contributed by atoms with Gasteiger partial charge in [-0.3, -0.25) is 0 Å². The van der Waals surface area contributed by atoms with Gasteiger partial charge in [0, 0.05) is 26.1 Å². The highest BCUT2D eigenvalue weighted by Crippen LogP contribution is 2.26. The quantitative estimate of drug-likeness (QED) is 0.828. The van der Waals surface area contributed by atoms with Gasteiger partial charge in [0.15, 0.2) is 9.84 Å². The number of para-hydroxylation sites is 1. The van der Waals surface area contributed by atoms with Gasteiger partial charge >= 0.3 is 0 Å². The molecule has 5 heteroatoms. The highest BCUT2D eigenvalue weighted by molar-refractivity contribution is 7.91. The summed E-state index contributed by atoms with van der Waals surface area (Å²) in [4.78, 5) is 2.46. The van der Waals surface area contributed by atoms with Crippen molar-refractivity contribution in [1.29, 1.82) is 0 Å². The molecule has 0 spiro atoms. The molecular weight excluding hydrogens is 262 g/mol. The monoisotopic (exact) mass is 283 g/mol. The maximum Gasteiger partial charge on any atom is 0.180 e. The van der Waals surface area contributed by atoms with Gasteiger partial charge in [0.05, 0.1) is 22.9 Å². The number of ether oxygens (including phenoxy) is 1. The van der Waals surface area contributed by atoms with Crippen LogP contribution in [-0.2, 0) is 14.6 Å². The molecule has 1 aromatic rings. The van der Waals surface area contributed by atoms with Crippen molar-refractivity contribution in [3.05, 3.63) is 24.3 Å². The fourth-order valence-corrected chi connectivity index (χ4v) is 3.54. The Kier molecular flexibility index (Phi) is 4.47. The molecule has 0 saturated carbocycles. The lowest BCUT2D eigenvalue weighted by atomic mass is 10.1. The third kappa shape index (κ3) is 3.28. The molecule has 0 amide bonds.